The second kappa shape index (κ2) is 6.27. The van der Waals surface area contributed by atoms with Gasteiger partial charge in [0.1, 0.15) is 0 Å². The van der Waals surface area contributed by atoms with Gasteiger partial charge in [0.05, 0.1) is 16.1 Å². The molecule has 1 saturated carbocycles. The van der Waals surface area contributed by atoms with Crippen LogP contribution >= 0.6 is 27.5 Å². The molecule has 0 atom stereocenters. The van der Waals surface area contributed by atoms with Crippen molar-refractivity contribution in [1.82, 2.24) is 10.2 Å². The lowest BCUT2D eigenvalue weighted by Crippen LogP contribution is -2.63. The molecule has 3 nitrogen and oxygen atoms in total. The van der Waals surface area contributed by atoms with Gasteiger partial charge >= 0.3 is 0 Å². The highest BCUT2D eigenvalue weighted by molar-refractivity contribution is 9.10. The van der Waals surface area contributed by atoms with Crippen LogP contribution in [0.5, 0.6) is 0 Å². The van der Waals surface area contributed by atoms with Crippen LogP contribution in [0.2, 0.25) is 5.02 Å². The van der Waals surface area contributed by atoms with E-state index in [0.717, 1.165) is 36.9 Å². The van der Waals surface area contributed by atoms with Crippen molar-refractivity contribution in [2.75, 3.05) is 19.6 Å². The summed E-state index contributed by atoms with van der Waals surface area (Å²) in [5.74, 6) is 0.0795. The van der Waals surface area contributed by atoms with Crippen LogP contribution in [0.4, 0.5) is 0 Å². The van der Waals surface area contributed by atoms with Crippen LogP contribution in [-0.2, 0) is 0 Å². The first-order valence-corrected chi connectivity index (χ1v) is 8.77. The third kappa shape index (κ3) is 2.99. The van der Waals surface area contributed by atoms with E-state index in [-0.39, 0.29) is 11.4 Å². The van der Waals surface area contributed by atoms with Crippen molar-refractivity contribution in [3.8, 4) is 0 Å². The van der Waals surface area contributed by atoms with Crippen molar-refractivity contribution in [3.63, 3.8) is 0 Å². The van der Waals surface area contributed by atoms with Gasteiger partial charge in [0, 0.05) is 24.1 Å². The minimum Gasteiger partial charge on any atom is -0.330 e. The number of rotatable bonds is 1. The van der Waals surface area contributed by atoms with Crippen LogP contribution in [0, 0.1) is 0 Å². The fraction of sp³-hybridized carbons (Fsp3) is 0.562. The van der Waals surface area contributed by atoms with Crippen LogP contribution in [0.15, 0.2) is 22.7 Å². The number of amides is 1. The van der Waals surface area contributed by atoms with Gasteiger partial charge in [-0.05, 0) is 31.0 Å². The Kier molecular flexibility index (Phi) is 4.57. The van der Waals surface area contributed by atoms with E-state index in [0.29, 0.717) is 10.6 Å². The van der Waals surface area contributed by atoms with E-state index in [1.807, 2.05) is 12.1 Å². The van der Waals surface area contributed by atoms with Crippen LogP contribution in [0.25, 0.3) is 0 Å². The van der Waals surface area contributed by atoms with E-state index in [1.165, 1.54) is 19.3 Å². The third-order valence-electron chi connectivity index (χ3n) is 4.73. The predicted molar refractivity (Wildman–Crippen MR) is 88.9 cm³/mol. The molecule has 1 aliphatic carbocycles. The summed E-state index contributed by atoms with van der Waals surface area (Å²) in [6.07, 6.45) is 5.89. The second-order valence-electron chi connectivity index (χ2n) is 6.04. The fourth-order valence-electron chi connectivity index (χ4n) is 3.63. The lowest BCUT2D eigenvalue weighted by molar-refractivity contribution is 0.0223. The number of hydrogen-bond acceptors (Lipinski definition) is 2. The number of carbonyl (C=O) groups excluding carboxylic acids is 1. The fourth-order valence-corrected chi connectivity index (χ4v) is 4.38. The number of carbonyl (C=O) groups is 1. The first kappa shape index (κ1) is 15.3. The molecule has 0 aromatic heterocycles. The summed E-state index contributed by atoms with van der Waals surface area (Å²) in [6.45, 7) is 2.54. The summed E-state index contributed by atoms with van der Waals surface area (Å²) in [4.78, 5) is 15.1. The van der Waals surface area contributed by atoms with E-state index in [2.05, 4.69) is 26.1 Å². The zero-order chi connectivity index (χ0) is 14.9. The van der Waals surface area contributed by atoms with E-state index in [4.69, 9.17) is 11.6 Å². The maximum atomic E-state index is 13.0. The van der Waals surface area contributed by atoms with Crippen LogP contribution in [-0.4, -0.2) is 36.0 Å². The number of piperazine rings is 1. The molecular weight excluding hydrogens is 352 g/mol. The van der Waals surface area contributed by atoms with Gasteiger partial charge < -0.3 is 10.2 Å². The summed E-state index contributed by atoms with van der Waals surface area (Å²) in [5.41, 5.74) is 0.607. The van der Waals surface area contributed by atoms with Crippen LogP contribution in [0.1, 0.15) is 42.5 Å². The molecule has 0 unspecified atom stereocenters. The number of benzene rings is 1. The Morgan fingerprint density at radius 3 is 2.76 bits per heavy atom. The topological polar surface area (TPSA) is 32.3 Å². The standard InChI is InChI=1S/C16H20BrClN2O/c17-12-4-5-13(14(18)10-12)15(21)20-9-8-19-11-16(20)6-2-1-3-7-16/h4-5,10,19H,1-3,6-9,11H2. The number of nitrogens with one attached hydrogen (secondary N) is 1. The maximum Gasteiger partial charge on any atom is 0.255 e. The van der Waals surface area contributed by atoms with Gasteiger partial charge in [0.25, 0.3) is 5.91 Å². The van der Waals surface area contributed by atoms with Gasteiger partial charge in [-0.2, -0.15) is 0 Å². The van der Waals surface area contributed by atoms with Gasteiger partial charge in [-0.1, -0.05) is 46.8 Å². The highest BCUT2D eigenvalue weighted by Gasteiger charge is 2.42. The zero-order valence-electron chi connectivity index (χ0n) is 12.0. The largest absolute Gasteiger partial charge is 0.330 e. The van der Waals surface area contributed by atoms with Gasteiger partial charge in [0.15, 0.2) is 0 Å². The van der Waals surface area contributed by atoms with Crippen molar-refractivity contribution in [1.29, 1.82) is 0 Å². The number of hydrogen-bond donors (Lipinski definition) is 1. The molecule has 0 radical (unpaired) electrons. The predicted octanol–water partition coefficient (Wildman–Crippen LogP) is 3.85. The Morgan fingerprint density at radius 1 is 1.29 bits per heavy atom. The molecule has 1 heterocycles. The first-order valence-electron chi connectivity index (χ1n) is 7.60. The molecule has 3 rings (SSSR count). The summed E-state index contributed by atoms with van der Waals surface area (Å²) < 4.78 is 0.900. The van der Waals surface area contributed by atoms with E-state index in [9.17, 15) is 4.79 Å². The molecule has 1 amide bonds. The third-order valence-corrected chi connectivity index (χ3v) is 5.54. The molecule has 1 aromatic rings. The summed E-state index contributed by atoms with van der Waals surface area (Å²) in [7, 11) is 0. The Hall–Kier alpha value is -0.580. The van der Waals surface area contributed by atoms with Crippen molar-refractivity contribution < 1.29 is 4.79 Å². The molecule has 2 fully saturated rings. The van der Waals surface area contributed by atoms with Crippen molar-refractivity contribution in [3.05, 3.63) is 33.3 Å². The molecule has 1 spiro atoms. The van der Waals surface area contributed by atoms with E-state index in [1.54, 1.807) is 6.07 Å². The van der Waals surface area contributed by atoms with E-state index >= 15 is 0 Å². The average molecular weight is 372 g/mol. The van der Waals surface area contributed by atoms with Gasteiger partial charge in [-0.25, -0.2) is 0 Å². The Labute approximate surface area is 139 Å². The molecule has 1 N–H and O–H groups in total. The maximum absolute atomic E-state index is 13.0. The zero-order valence-corrected chi connectivity index (χ0v) is 14.3. The molecule has 1 aliphatic heterocycles. The minimum atomic E-state index is -0.00993. The minimum absolute atomic E-state index is 0.00993. The normalized spacial score (nSPS) is 21.5. The average Bonchev–Trinajstić information content (AvgIpc) is 2.48. The first-order chi connectivity index (χ1) is 10.1. The Morgan fingerprint density at radius 2 is 2.05 bits per heavy atom. The molecule has 1 aromatic carbocycles. The molecule has 21 heavy (non-hydrogen) atoms. The quantitative estimate of drug-likeness (QED) is 0.813. The van der Waals surface area contributed by atoms with Crippen LogP contribution in [0.3, 0.4) is 0 Å². The Balaban J connectivity index is 1.90. The lowest BCUT2D eigenvalue weighted by Gasteiger charge is -2.50. The summed E-state index contributed by atoms with van der Waals surface area (Å²) >= 11 is 9.67. The smallest absolute Gasteiger partial charge is 0.255 e. The highest BCUT2D eigenvalue weighted by Crippen LogP contribution is 2.36. The molecule has 2 aliphatic rings. The highest BCUT2D eigenvalue weighted by atomic mass is 79.9. The van der Waals surface area contributed by atoms with Gasteiger partial charge in [0.2, 0.25) is 0 Å². The Bertz CT molecular complexity index is 535. The van der Waals surface area contributed by atoms with Gasteiger partial charge in [-0.3, -0.25) is 4.79 Å². The number of nitrogens with zero attached hydrogens (tertiary/aromatic N) is 1. The summed E-state index contributed by atoms with van der Waals surface area (Å²) in [6, 6.07) is 5.51. The van der Waals surface area contributed by atoms with Crippen LogP contribution < -0.4 is 5.32 Å². The number of halogens is 2. The van der Waals surface area contributed by atoms with Gasteiger partial charge in [-0.15, -0.1) is 0 Å². The molecule has 5 heteroatoms. The van der Waals surface area contributed by atoms with Crippen molar-refractivity contribution in [2.45, 2.75) is 37.6 Å². The van der Waals surface area contributed by atoms with Crippen molar-refractivity contribution in [2.24, 2.45) is 0 Å². The molecule has 0 bridgehead atoms. The molecule has 114 valence electrons. The summed E-state index contributed by atoms with van der Waals surface area (Å²) in [5, 5.41) is 4.00. The molecule has 1 saturated heterocycles. The van der Waals surface area contributed by atoms with E-state index < -0.39 is 0 Å². The molecular formula is C16H20BrClN2O. The SMILES string of the molecule is O=C(c1ccc(Br)cc1Cl)N1CCNCC12CCCCC2. The second-order valence-corrected chi connectivity index (χ2v) is 7.37. The van der Waals surface area contributed by atoms with Crippen molar-refractivity contribution >= 4 is 33.4 Å². The lowest BCUT2D eigenvalue weighted by atomic mass is 9.78. The monoisotopic (exact) mass is 370 g/mol.